The largest absolute Gasteiger partial charge is 0.394 e. The SMILES string of the molecule is C=CCCC(CO)OC(C)(C)O. The predicted octanol–water partition coefficient (Wildman–Crippen LogP) is 1.06. The minimum atomic E-state index is -1.17. The Balaban J connectivity index is 3.74. The standard InChI is InChI=1S/C9H18O3/c1-4-5-6-8(7-10)12-9(2,3)11/h4,8,10-11H,1,5-7H2,2-3H3. The normalized spacial score (nSPS) is 14.3. The van der Waals surface area contributed by atoms with Gasteiger partial charge < -0.3 is 14.9 Å². The van der Waals surface area contributed by atoms with Crippen molar-refractivity contribution in [3.05, 3.63) is 12.7 Å². The van der Waals surface area contributed by atoms with E-state index in [0.717, 1.165) is 6.42 Å². The van der Waals surface area contributed by atoms with Crippen LogP contribution in [0.2, 0.25) is 0 Å². The van der Waals surface area contributed by atoms with Crippen LogP contribution in [-0.2, 0) is 4.74 Å². The molecule has 1 unspecified atom stereocenters. The molecule has 0 aliphatic heterocycles. The number of hydrogen-bond acceptors (Lipinski definition) is 3. The molecule has 0 spiro atoms. The van der Waals surface area contributed by atoms with Crippen molar-refractivity contribution < 1.29 is 14.9 Å². The molecular formula is C9H18O3. The third kappa shape index (κ3) is 6.34. The van der Waals surface area contributed by atoms with Gasteiger partial charge in [0.15, 0.2) is 5.79 Å². The number of ether oxygens (including phenoxy) is 1. The van der Waals surface area contributed by atoms with E-state index in [1.807, 2.05) is 0 Å². The molecule has 0 aliphatic rings. The van der Waals surface area contributed by atoms with Gasteiger partial charge in [0.2, 0.25) is 0 Å². The summed E-state index contributed by atoms with van der Waals surface area (Å²) in [6, 6.07) is 0. The Bertz CT molecular complexity index is 126. The van der Waals surface area contributed by atoms with Crippen molar-refractivity contribution >= 4 is 0 Å². The van der Waals surface area contributed by atoms with E-state index >= 15 is 0 Å². The molecule has 72 valence electrons. The van der Waals surface area contributed by atoms with Gasteiger partial charge in [-0.05, 0) is 26.7 Å². The van der Waals surface area contributed by atoms with Crippen LogP contribution in [-0.4, -0.2) is 28.7 Å². The van der Waals surface area contributed by atoms with Gasteiger partial charge in [-0.3, -0.25) is 0 Å². The summed E-state index contributed by atoms with van der Waals surface area (Å²) in [5.41, 5.74) is 0. The molecule has 2 N–H and O–H groups in total. The summed E-state index contributed by atoms with van der Waals surface area (Å²) < 4.78 is 5.15. The molecule has 0 radical (unpaired) electrons. The highest BCUT2D eigenvalue weighted by molar-refractivity contribution is 4.70. The molecule has 12 heavy (non-hydrogen) atoms. The Morgan fingerprint density at radius 3 is 2.50 bits per heavy atom. The topological polar surface area (TPSA) is 49.7 Å². The van der Waals surface area contributed by atoms with Gasteiger partial charge in [-0.15, -0.1) is 6.58 Å². The fourth-order valence-electron chi connectivity index (χ4n) is 0.899. The van der Waals surface area contributed by atoms with Gasteiger partial charge in [0, 0.05) is 0 Å². The van der Waals surface area contributed by atoms with E-state index in [1.54, 1.807) is 19.9 Å². The summed E-state index contributed by atoms with van der Waals surface area (Å²) in [6.45, 7) is 6.58. The van der Waals surface area contributed by atoms with E-state index in [-0.39, 0.29) is 12.7 Å². The van der Waals surface area contributed by atoms with E-state index in [0.29, 0.717) is 6.42 Å². The van der Waals surface area contributed by atoms with Gasteiger partial charge in [0.1, 0.15) is 0 Å². The Labute approximate surface area is 73.7 Å². The van der Waals surface area contributed by atoms with Crippen molar-refractivity contribution in [1.29, 1.82) is 0 Å². The lowest BCUT2D eigenvalue weighted by molar-refractivity contribution is -0.213. The molecule has 3 heteroatoms. The van der Waals surface area contributed by atoms with Crippen LogP contribution in [0.15, 0.2) is 12.7 Å². The second-order valence-electron chi connectivity index (χ2n) is 3.24. The highest BCUT2D eigenvalue weighted by atomic mass is 16.6. The summed E-state index contributed by atoms with van der Waals surface area (Å²) in [7, 11) is 0. The van der Waals surface area contributed by atoms with Crippen molar-refractivity contribution in [3.63, 3.8) is 0 Å². The van der Waals surface area contributed by atoms with E-state index in [4.69, 9.17) is 9.84 Å². The van der Waals surface area contributed by atoms with Crippen LogP contribution in [0, 0.1) is 0 Å². The molecule has 0 fully saturated rings. The van der Waals surface area contributed by atoms with Crippen LogP contribution in [0.25, 0.3) is 0 Å². The Hall–Kier alpha value is -0.380. The maximum Gasteiger partial charge on any atom is 0.160 e. The van der Waals surface area contributed by atoms with E-state index in [1.165, 1.54) is 0 Å². The molecule has 0 aromatic heterocycles. The molecule has 0 rings (SSSR count). The minimum Gasteiger partial charge on any atom is -0.394 e. The predicted molar refractivity (Wildman–Crippen MR) is 47.7 cm³/mol. The van der Waals surface area contributed by atoms with Gasteiger partial charge in [0.05, 0.1) is 12.7 Å². The second-order valence-corrected chi connectivity index (χ2v) is 3.24. The van der Waals surface area contributed by atoms with Crippen LogP contribution >= 0.6 is 0 Å². The average molecular weight is 174 g/mol. The van der Waals surface area contributed by atoms with Crippen LogP contribution in [0.4, 0.5) is 0 Å². The maximum atomic E-state index is 9.26. The van der Waals surface area contributed by atoms with Crippen molar-refractivity contribution in [1.82, 2.24) is 0 Å². The highest BCUT2D eigenvalue weighted by Crippen LogP contribution is 2.11. The van der Waals surface area contributed by atoms with Crippen molar-refractivity contribution in [3.8, 4) is 0 Å². The number of hydrogen-bond donors (Lipinski definition) is 2. The summed E-state index contributed by atoms with van der Waals surface area (Å²) >= 11 is 0. The van der Waals surface area contributed by atoms with Crippen molar-refractivity contribution in [2.45, 2.75) is 38.6 Å². The molecule has 0 saturated carbocycles. The first-order chi connectivity index (χ1) is 5.49. The van der Waals surface area contributed by atoms with Crippen LogP contribution in [0.1, 0.15) is 26.7 Å². The van der Waals surface area contributed by atoms with Gasteiger partial charge >= 0.3 is 0 Å². The maximum absolute atomic E-state index is 9.26. The van der Waals surface area contributed by atoms with E-state index in [9.17, 15) is 5.11 Å². The summed E-state index contributed by atoms with van der Waals surface area (Å²) in [4.78, 5) is 0. The second kappa shape index (κ2) is 5.30. The Kier molecular flexibility index (Phi) is 5.13. The van der Waals surface area contributed by atoms with E-state index in [2.05, 4.69) is 6.58 Å². The van der Waals surface area contributed by atoms with Crippen LogP contribution in [0.3, 0.4) is 0 Å². The van der Waals surface area contributed by atoms with E-state index < -0.39 is 5.79 Å². The molecule has 0 heterocycles. The molecule has 0 aromatic rings. The summed E-state index contributed by atoms with van der Waals surface area (Å²) in [6.07, 6.45) is 2.92. The number of aliphatic hydroxyl groups is 2. The number of allylic oxidation sites excluding steroid dienone is 1. The lowest BCUT2D eigenvalue weighted by Gasteiger charge is -2.24. The van der Waals surface area contributed by atoms with Gasteiger partial charge in [0.25, 0.3) is 0 Å². The molecule has 0 aromatic carbocycles. The first-order valence-electron chi connectivity index (χ1n) is 4.11. The van der Waals surface area contributed by atoms with Crippen LogP contribution < -0.4 is 0 Å². The van der Waals surface area contributed by atoms with Crippen molar-refractivity contribution in [2.24, 2.45) is 0 Å². The first-order valence-corrected chi connectivity index (χ1v) is 4.11. The van der Waals surface area contributed by atoms with Gasteiger partial charge in [-0.1, -0.05) is 6.08 Å². The summed E-state index contributed by atoms with van der Waals surface area (Å²) in [5.74, 6) is -1.17. The lowest BCUT2D eigenvalue weighted by Crippen LogP contribution is -2.32. The molecule has 0 saturated heterocycles. The smallest absolute Gasteiger partial charge is 0.160 e. The molecular weight excluding hydrogens is 156 g/mol. The number of rotatable bonds is 6. The first kappa shape index (κ1) is 11.6. The van der Waals surface area contributed by atoms with Crippen molar-refractivity contribution in [2.75, 3.05) is 6.61 Å². The molecule has 0 bridgehead atoms. The lowest BCUT2D eigenvalue weighted by atomic mass is 10.2. The molecule has 0 amide bonds. The zero-order chi connectivity index (χ0) is 9.61. The molecule has 3 nitrogen and oxygen atoms in total. The quantitative estimate of drug-likeness (QED) is 0.467. The zero-order valence-electron chi connectivity index (χ0n) is 7.79. The molecule has 0 aliphatic carbocycles. The zero-order valence-corrected chi connectivity index (χ0v) is 7.79. The van der Waals surface area contributed by atoms with Gasteiger partial charge in [-0.25, -0.2) is 0 Å². The summed E-state index contributed by atoms with van der Waals surface area (Å²) in [5, 5.41) is 18.1. The fourth-order valence-corrected chi connectivity index (χ4v) is 0.899. The third-order valence-electron chi connectivity index (χ3n) is 1.35. The third-order valence-corrected chi connectivity index (χ3v) is 1.35. The monoisotopic (exact) mass is 174 g/mol. The minimum absolute atomic E-state index is 0.0716. The number of aliphatic hydroxyl groups excluding tert-OH is 1. The van der Waals surface area contributed by atoms with Crippen LogP contribution in [0.5, 0.6) is 0 Å². The Morgan fingerprint density at radius 1 is 1.58 bits per heavy atom. The fraction of sp³-hybridized carbons (Fsp3) is 0.778. The Morgan fingerprint density at radius 2 is 2.17 bits per heavy atom. The average Bonchev–Trinajstić information content (AvgIpc) is 1.95. The van der Waals surface area contributed by atoms with Gasteiger partial charge in [-0.2, -0.15) is 0 Å². The molecule has 1 atom stereocenters. The highest BCUT2D eigenvalue weighted by Gasteiger charge is 2.18.